The smallest absolute Gasteiger partial charge is 0.333 e. The van der Waals surface area contributed by atoms with Gasteiger partial charge in [0.1, 0.15) is 12.4 Å². The summed E-state index contributed by atoms with van der Waals surface area (Å²) in [5, 5.41) is 0.528. The van der Waals surface area contributed by atoms with E-state index in [0.29, 0.717) is 43.8 Å². The van der Waals surface area contributed by atoms with Crippen LogP contribution in [0.4, 0.5) is 0 Å². The maximum absolute atomic E-state index is 14.7. The third-order valence-electron chi connectivity index (χ3n) is 15.3. The highest BCUT2D eigenvalue weighted by Gasteiger charge is 2.44. The van der Waals surface area contributed by atoms with Gasteiger partial charge in [0, 0.05) is 71.8 Å². The highest BCUT2D eigenvalue weighted by Crippen LogP contribution is 2.34. The number of methoxy groups -OCH3 is 2. The van der Waals surface area contributed by atoms with Crippen molar-refractivity contribution in [2.24, 2.45) is 35.5 Å². The van der Waals surface area contributed by atoms with Gasteiger partial charge in [0.15, 0.2) is 5.78 Å². The predicted molar refractivity (Wildman–Crippen MR) is 276 cm³/mol. The van der Waals surface area contributed by atoms with Crippen LogP contribution in [0.5, 0.6) is 0 Å². The van der Waals surface area contributed by atoms with Gasteiger partial charge in [0.2, 0.25) is 11.8 Å². The fraction of sp³-hybridized carbons (Fsp3) is 0.649. The first kappa shape index (κ1) is 60.2. The van der Waals surface area contributed by atoms with Crippen LogP contribution >= 0.6 is 0 Å². The molecule has 0 spiro atoms. The molecule has 0 radical (unpaired) electrons. The first-order chi connectivity index (χ1) is 34.7. The number of amides is 4. The van der Waals surface area contributed by atoms with Gasteiger partial charge in [-0.1, -0.05) is 122 Å². The number of imide groups is 1. The van der Waals surface area contributed by atoms with Crippen molar-refractivity contribution in [3.8, 4) is 0 Å². The molecule has 0 aromatic heterocycles. The fourth-order valence-electron chi connectivity index (χ4n) is 10.8. The summed E-state index contributed by atoms with van der Waals surface area (Å²) >= 11 is 0. The number of ketones is 2. The number of Topliss-reactive ketones (excluding diaryl/α,β-unsaturated/α-hetero) is 2. The van der Waals surface area contributed by atoms with Gasteiger partial charge in [-0.2, -0.15) is 0 Å². The lowest BCUT2D eigenvalue weighted by molar-refractivity contribution is -0.197. The number of esters is 1. The molecule has 1 unspecified atom stereocenters. The molecule has 2 fully saturated rings. The summed E-state index contributed by atoms with van der Waals surface area (Å²) in [6, 6.07) is 17.5. The summed E-state index contributed by atoms with van der Waals surface area (Å²) in [7, 11) is 6.61. The van der Waals surface area contributed by atoms with Crippen LogP contribution in [0.15, 0.2) is 60.7 Å². The van der Waals surface area contributed by atoms with Crippen molar-refractivity contribution in [1.29, 1.82) is 0 Å². The highest BCUT2D eigenvalue weighted by atomic mass is 16.7. The van der Waals surface area contributed by atoms with Crippen LogP contribution in [0.2, 0.25) is 0 Å². The second-order valence-corrected chi connectivity index (χ2v) is 21.0. The number of nitrogens with zero attached hydrogens (tertiary/aromatic N) is 4. The van der Waals surface area contributed by atoms with Gasteiger partial charge in [-0.15, -0.1) is 5.06 Å². The van der Waals surface area contributed by atoms with E-state index < -0.39 is 71.8 Å². The third-order valence-corrected chi connectivity index (χ3v) is 15.3. The Morgan fingerprint density at radius 3 is 1.92 bits per heavy atom. The largest absolute Gasteiger partial charge is 0.461 e. The van der Waals surface area contributed by atoms with Crippen LogP contribution in [0.3, 0.4) is 0 Å². The summed E-state index contributed by atoms with van der Waals surface area (Å²) in [6.45, 7) is 16.4. The topological polar surface area (TPSA) is 186 Å². The van der Waals surface area contributed by atoms with Crippen molar-refractivity contribution in [1.82, 2.24) is 19.8 Å². The molecular weight excluding hydrogens is 933 g/mol. The van der Waals surface area contributed by atoms with Crippen LogP contribution in [-0.2, 0) is 64.0 Å². The molecule has 0 aliphatic carbocycles. The predicted octanol–water partition coefficient (Wildman–Crippen LogP) is 7.60. The van der Waals surface area contributed by atoms with Gasteiger partial charge in [-0.3, -0.25) is 38.5 Å². The molecule has 0 bridgehead atoms. The maximum atomic E-state index is 14.7. The summed E-state index contributed by atoms with van der Waals surface area (Å²) in [4.78, 5) is 118. The molecule has 10 atom stereocenters. The molecule has 16 nitrogen and oxygen atoms in total. The van der Waals surface area contributed by atoms with Crippen LogP contribution in [-0.4, -0.2) is 139 Å². The fourth-order valence-corrected chi connectivity index (χ4v) is 10.8. The second kappa shape index (κ2) is 28.9. The van der Waals surface area contributed by atoms with E-state index >= 15 is 0 Å². The maximum Gasteiger partial charge on any atom is 0.333 e. The zero-order valence-corrected chi connectivity index (χ0v) is 45.6. The van der Waals surface area contributed by atoms with Gasteiger partial charge >= 0.3 is 11.9 Å². The van der Waals surface area contributed by atoms with Crippen molar-refractivity contribution < 1.29 is 57.4 Å². The number of likely N-dealkylation sites (tertiary alicyclic amines) is 1. The normalized spacial score (nSPS) is 18.8. The first-order valence-electron chi connectivity index (χ1n) is 26.4. The van der Waals surface area contributed by atoms with E-state index in [9.17, 15) is 38.4 Å². The van der Waals surface area contributed by atoms with E-state index in [1.165, 1.54) is 0 Å². The van der Waals surface area contributed by atoms with Crippen molar-refractivity contribution >= 4 is 47.1 Å². The average Bonchev–Trinajstić information content (AvgIpc) is 3.98. The van der Waals surface area contributed by atoms with E-state index in [0.717, 1.165) is 11.1 Å². The summed E-state index contributed by atoms with van der Waals surface area (Å²) in [5.74, 6) is -5.80. The van der Waals surface area contributed by atoms with Gasteiger partial charge < -0.3 is 28.8 Å². The number of carbonyl (C=O) groups is 8. The average molecular weight is 1020 g/mol. The molecule has 2 heterocycles. The van der Waals surface area contributed by atoms with Gasteiger partial charge in [-0.25, -0.2) is 4.79 Å². The van der Waals surface area contributed by atoms with Crippen LogP contribution < -0.4 is 0 Å². The third kappa shape index (κ3) is 16.3. The molecule has 16 heteroatoms. The zero-order valence-electron chi connectivity index (χ0n) is 45.6. The summed E-state index contributed by atoms with van der Waals surface area (Å²) < 4.78 is 18.0. The minimum atomic E-state index is -0.759. The van der Waals surface area contributed by atoms with E-state index in [2.05, 4.69) is 0 Å². The van der Waals surface area contributed by atoms with E-state index in [-0.39, 0.29) is 92.2 Å². The van der Waals surface area contributed by atoms with Crippen molar-refractivity contribution in [2.75, 3.05) is 41.4 Å². The Hall–Kier alpha value is -5.32. The van der Waals surface area contributed by atoms with Crippen LogP contribution in [0.25, 0.3) is 0 Å². The molecule has 73 heavy (non-hydrogen) atoms. The lowest BCUT2D eigenvalue weighted by Crippen LogP contribution is -2.54. The minimum absolute atomic E-state index is 0.00487. The highest BCUT2D eigenvalue weighted by molar-refractivity contribution is 6.01. The van der Waals surface area contributed by atoms with Crippen molar-refractivity contribution in [3.63, 3.8) is 0 Å². The molecular formula is C57H84N4O12. The second-order valence-electron chi connectivity index (χ2n) is 21.0. The van der Waals surface area contributed by atoms with Crippen LogP contribution in [0.1, 0.15) is 137 Å². The van der Waals surface area contributed by atoms with E-state index in [4.69, 9.17) is 19.0 Å². The zero-order chi connectivity index (χ0) is 54.1. The Morgan fingerprint density at radius 1 is 0.753 bits per heavy atom. The molecule has 4 amide bonds. The van der Waals surface area contributed by atoms with Crippen molar-refractivity contribution in [3.05, 3.63) is 71.8 Å². The number of likely N-dealkylation sites (N-methyl/N-ethyl adjacent to an activating group) is 2. The van der Waals surface area contributed by atoms with E-state index in [1.807, 2.05) is 114 Å². The van der Waals surface area contributed by atoms with Crippen molar-refractivity contribution in [2.45, 2.75) is 162 Å². The Bertz CT molecular complexity index is 2140. The standard InChI is InChI=1S/C57H84N4O12/c1-13-38(6)54(59(10)56(68)43(36(2)3)32-47(63)53(37(4)5)58(9)30-21-27-52(67)73-61-49(64)28-29-50(61)65)48(70-11)34-51(66)60-31-20-26-45(60)55(71-12)40(8)46(62)33-44(39(7)42-24-18-15-19-25-42)57(69)72-35-41-22-16-14-17-23-41/h14-19,22-25,36-40,43-45,48,53-55H,13,20-21,26-35H2,1-12H3/t38-,39-,40-,43-,44?,45-,48+,53-,54-,55+/m0/s1. The number of hydrogen-bond donors (Lipinski definition) is 0. The molecule has 2 aliphatic heterocycles. The minimum Gasteiger partial charge on any atom is -0.461 e. The summed E-state index contributed by atoms with van der Waals surface area (Å²) in [6.07, 6.45) is 0.771. The summed E-state index contributed by atoms with van der Waals surface area (Å²) in [5.41, 5.74) is 1.76. The monoisotopic (exact) mass is 1020 g/mol. The molecule has 4 rings (SSSR count). The number of benzene rings is 2. The number of rotatable bonds is 30. The lowest BCUT2D eigenvalue weighted by Gasteiger charge is -2.41. The number of hydroxylamine groups is 2. The van der Waals surface area contributed by atoms with Gasteiger partial charge in [-0.05, 0) is 67.7 Å². The first-order valence-corrected chi connectivity index (χ1v) is 26.4. The van der Waals surface area contributed by atoms with Crippen LogP contribution in [0, 0.1) is 35.5 Å². The SMILES string of the molecule is CC[C@H](C)[C@@H]([C@@H](CC(=O)N1CCC[C@H]1[C@H](OC)[C@@H](C)C(=O)CC(C(=O)OCc1ccccc1)[C@@H](C)c1ccccc1)OC)N(C)C(=O)[C@@H](CC(=O)[C@H](C(C)C)N(C)CCCC(=O)ON1C(=O)CCC1=O)C(C)C. The number of carbonyl (C=O) groups excluding carboxylic acids is 8. The van der Waals surface area contributed by atoms with Gasteiger partial charge in [0.05, 0.1) is 42.7 Å². The molecule has 0 saturated carbocycles. The molecule has 0 N–H and O–H groups in total. The number of hydrogen-bond acceptors (Lipinski definition) is 13. The Morgan fingerprint density at radius 2 is 1.36 bits per heavy atom. The lowest BCUT2D eigenvalue weighted by atomic mass is 9.80. The quantitative estimate of drug-likeness (QED) is 0.0551. The van der Waals surface area contributed by atoms with E-state index in [1.54, 1.807) is 45.0 Å². The Kier molecular flexibility index (Phi) is 23.9. The molecule has 2 aromatic rings. The molecule has 404 valence electrons. The molecule has 2 aromatic carbocycles. The number of ether oxygens (including phenoxy) is 3. The Labute approximate surface area is 434 Å². The molecule has 2 saturated heterocycles. The van der Waals surface area contributed by atoms with Gasteiger partial charge in [0.25, 0.3) is 11.8 Å². The molecule has 2 aliphatic rings. The Balaban J connectivity index is 1.45.